The second-order valence-electron chi connectivity index (χ2n) is 5.66. The molecule has 0 atom stereocenters. The van der Waals surface area contributed by atoms with E-state index in [1.165, 1.54) is 17.1 Å². The van der Waals surface area contributed by atoms with Crippen molar-refractivity contribution >= 4 is 11.8 Å². The summed E-state index contributed by atoms with van der Waals surface area (Å²) in [5.41, 5.74) is 2.02. The normalized spacial score (nSPS) is 10.7. The van der Waals surface area contributed by atoms with Gasteiger partial charge in [0.15, 0.2) is 6.61 Å². The number of tetrazole rings is 1. The summed E-state index contributed by atoms with van der Waals surface area (Å²) in [5.74, 6) is -1.39. The Labute approximate surface area is 148 Å². The second kappa shape index (κ2) is 7.26. The molecule has 0 saturated heterocycles. The van der Waals surface area contributed by atoms with E-state index in [1.54, 1.807) is 42.7 Å². The summed E-state index contributed by atoms with van der Waals surface area (Å²) in [6.45, 7) is 2.90. The van der Waals surface area contributed by atoms with Crippen molar-refractivity contribution in [2.75, 3.05) is 6.61 Å². The van der Waals surface area contributed by atoms with Crippen LogP contribution in [0.5, 0.6) is 0 Å². The Morgan fingerprint density at radius 3 is 2.69 bits per heavy atom. The summed E-state index contributed by atoms with van der Waals surface area (Å²) in [5, 5.41) is 10.3. The van der Waals surface area contributed by atoms with E-state index in [2.05, 4.69) is 15.5 Å². The highest BCUT2D eigenvalue weighted by Gasteiger charge is 2.19. The van der Waals surface area contributed by atoms with Crippen molar-refractivity contribution in [3.63, 3.8) is 0 Å². The van der Waals surface area contributed by atoms with Crippen LogP contribution in [0, 0.1) is 19.7 Å². The molecule has 0 aliphatic carbocycles. The van der Waals surface area contributed by atoms with Crippen LogP contribution in [0.15, 0.2) is 36.7 Å². The van der Waals surface area contributed by atoms with Crippen LogP contribution in [-0.4, -0.2) is 43.1 Å². The molecule has 0 fully saturated rings. The number of aryl methyl sites for hydroxylation is 1. The fourth-order valence-corrected chi connectivity index (χ4v) is 2.70. The van der Waals surface area contributed by atoms with Crippen LogP contribution in [0.3, 0.4) is 0 Å². The number of rotatable bonds is 6. The molecule has 3 rings (SSSR count). The number of Topliss-reactive ketones (excluding diaryl/α,β-unsaturated/α-hetero) is 1. The molecule has 2 aromatic heterocycles. The molecule has 1 aromatic carbocycles. The van der Waals surface area contributed by atoms with Crippen LogP contribution < -0.4 is 0 Å². The Kier molecular flexibility index (Phi) is 4.87. The van der Waals surface area contributed by atoms with Gasteiger partial charge in [-0.15, -0.1) is 5.10 Å². The Hall–Kier alpha value is -3.36. The maximum Gasteiger partial charge on any atom is 0.328 e. The zero-order chi connectivity index (χ0) is 18.7. The number of benzene rings is 1. The van der Waals surface area contributed by atoms with Gasteiger partial charge in [0, 0.05) is 17.0 Å². The fourth-order valence-electron chi connectivity index (χ4n) is 2.70. The number of ether oxygens (including phenoxy) is 1. The number of nitrogens with zero attached hydrogens (tertiary/aromatic N) is 5. The predicted octanol–water partition coefficient (Wildman–Crippen LogP) is 1.65. The number of para-hydroxylation sites is 1. The minimum atomic E-state index is -0.631. The third-order valence-corrected chi connectivity index (χ3v) is 3.87. The number of hydrogen-bond donors (Lipinski definition) is 0. The topological polar surface area (TPSA) is 91.9 Å². The number of carbonyl (C=O) groups excluding carboxylic acids is 2. The van der Waals surface area contributed by atoms with Gasteiger partial charge in [0.1, 0.15) is 18.7 Å². The molecule has 0 spiro atoms. The monoisotopic (exact) mass is 357 g/mol. The van der Waals surface area contributed by atoms with Crippen LogP contribution in [0.4, 0.5) is 4.39 Å². The highest BCUT2D eigenvalue weighted by Crippen LogP contribution is 2.23. The van der Waals surface area contributed by atoms with Crippen LogP contribution in [-0.2, 0) is 16.1 Å². The average molecular weight is 357 g/mol. The smallest absolute Gasteiger partial charge is 0.328 e. The number of aromatic nitrogens is 5. The highest BCUT2D eigenvalue weighted by molar-refractivity contribution is 5.99. The first kappa shape index (κ1) is 17.5. The van der Waals surface area contributed by atoms with Crippen LogP contribution in [0.25, 0.3) is 5.69 Å². The summed E-state index contributed by atoms with van der Waals surface area (Å²) < 4.78 is 21.9. The number of esters is 1. The van der Waals surface area contributed by atoms with Gasteiger partial charge >= 0.3 is 5.97 Å². The number of ketones is 1. The lowest BCUT2D eigenvalue weighted by Crippen LogP contribution is -2.19. The number of halogens is 1. The summed E-state index contributed by atoms with van der Waals surface area (Å²) >= 11 is 0. The van der Waals surface area contributed by atoms with E-state index < -0.39 is 12.6 Å². The van der Waals surface area contributed by atoms with Crippen molar-refractivity contribution in [3.05, 3.63) is 59.4 Å². The molecule has 0 aliphatic rings. The molecule has 0 bridgehead atoms. The van der Waals surface area contributed by atoms with Gasteiger partial charge in [-0.2, -0.15) is 0 Å². The Bertz CT molecular complexity index is 949. The van der Waals surface area contributed by atoms with Crippen molar-refractivity contribution in [1.29, 1.82) is 0 Å². The van der Waals surface area contributed by atoms with Crippen LogP contribution >= 0.6 is 0 Å². The van der Waals surface area contributed by atoms with Crippen molar-refractivity contribution < 1.29 is 18.7 Å². The summed E-state index contributed by atoms with van der Waals surface area (Å²) in [6.07, 6.45) is 1.27. The SMILES string of the molecule is Cc1cc(C(=O)COC(=O)Cn2cnnn2)c(C)n1-c1ccccc1F. The quantitative estimate of drug-likeness (QED) is 0.492. The van der Waals surface area contributed by atoms with E-state index in [4.69, 9.17) is 4.74 Å². The van der Waals surface area contributed by atoms with E-state index >= 15 is 0 Å². The third-order valence-electron chi connectivity index (χ3n) is 3.87. The minimum absolute atomic E-state index is 0.186. The van der Waals surface area contributed by atoms with E-state index in [9.17, 15) is 14.0 Å². The first-order chi connectivity index (χ1) is 12.5. The van der Waals surface area contributed by atoms with Crippen LogP contribution in [0.1, 0.15) is 21.7 Å². The van der Waals surface area contributed by atoms with E-state index in [1.807, 2.05) is 0 Å². The zero-order valence-corrected chi connectivity index (χ0v) is 14.2. The molecule has 2 heterocycles. The minimum Gasteiger partial charge on any atom is -0.456 e. The molecule has 0 aliphatic heterocycles. The van der Waals surface area contributed by atoms with Gasteiger partial charge in [0.25, 0.3) is 0 Å². The molecule has 0 saturated carbocycles. The molecule has 0 N–H and O–H groups in total. The molecular weight excluding hydrogens is 341 g/mol. The lowest BCUT2D eigenvalue weighted by atomic mass is 10.1. The molecule has 0 radical (unpaired) electrons. The van der Waals surface area contributed by atoms with Gasteiger partial charge < -0.3 is 9.30 Å². The lowest BCUT2D eigenvalue weighted by molar-refractivity contribution is -0.143. The summed E-state index contributed by atoms with van der Waals surface area (Å²) in [6, 6.07) is 7.97. The standard InChI is InChI=1S/C17H16FN5O3/c1-11-7-13(12(2)23(11)15-6-4-3-5-14(15)18)16(24)9-26-17(25)8-22-10-19-20-21-22/h3-7,10H,8-9H2,1-2H3. The van der Waals surface area contributed by atoms with E-state index in [-0.39, 0.29) is 18.1 Å². The Morgan fingerprint density at radius 1 is 1.23 bits per heavy atom. The molecule has 8 nitrogen and oxygen atoms in total. The van der Waals surface area contributed by atoms with Gasteiger partial charge in [-0.25, -0.2) is 9.07 Å². The van der Waals surface area contributed by atoms with Crippen molar-refractivity contribution in [2.24, 2.45) is 0 Å². The van der Waals surface area contributed by atoms with Gasteiger partial charge in [-0.05, 0) is 42.5 Å². The predicted molar refractivity (Wildman–Crippen MR) is 88.3 cm³/mol. The Morgan fingerprint density at radius 2 is 2.00 bits per heavy atom. The molecular formula is C17H16FN5O3. The maximum atomic E-state index is 14.1. The number of hydrogen-bond acceptors (Lipinski definition) is 6. The average Bonchev–Trinajstić information content (AvgIpc) is 3.22. The molecule has 0 unspecified atom stereocenters. The highest BCUT2D eigenvalue weighted by atomic mass is 19.1. The largest absolute Gasteiger partial charge is 0.456 e. The summed E-state index contributed by atoms with van der Waals surface area (Å²) in [7, 11) is 0. The van der Waals surface area contributed by atoms with Crippen molar-refractivity contribution in [1.82, 2.24) is 24.8 Å². The van der Waals surface area contributed by atoms with E-state index in [0.717, 1.165) is 0 Å². The summed E-state index contributed by atoms with van der Waals surface area (Å²) in [4.78, 5) is 24.1. The van der Waals surface area contributed by atoms with Gasteiger partial charge in [0.2, 0.25) is 5.78 Å². The first-order valence-corrected chi connectivity index (χ1v) is 7.81. The van der Waals surface area contributed by atoms with Gasteiger partial charge in [-0.1, -0.05) is 12.1 Å². The van der Waals surface area contributed by atoms with E-state index in [0.29, 0.717) is 22.6 Å². The zero-order valence-electron chi connectivity index (χ0n) is 14.2. The third kappa shape index (κ3) is 3.51. The Balaban J connectivity index is 1.73. The van der Waals surface area contributed by atoms with Crippen LogP contribution in [0.2, 0.25) is 0 Å². The lowest BCUT2D eigenvalue weighted by Gasteiger charge is -2.10. The molecule has 134 valence electrons. The number of carbonyl (C=O) groups is 2. The molecule has 3 aromatic rings. The van der Waals surface area contributed by atoms with Crippen molar-refractivity contribution in [2.45, 2.75) is 20.4 Å². The van der Waals surface area contributed by atoms with Gasteiger partial charge in [-0.3, -0.25) is 9.59 Å². The first-order valence-electron chi connectivity index (χ1n) is 7.81. The maximum absolute atomic E-state index is 14.1. The second-order valence-corrected chi connectivity index (χ2v) is 5.66. The van der Waals surface area contributed by atoms with Crippen molar-refractivity contribution in [3.8, 4) is 5.69 Å². The molecule has 0 amide bonds. The molecule has 26 heavy (non-hydrogen) atoms. The molecule has 9 heteroatoms. The van der Waals surface area contributed by atoms with Gasteiger partial charge in [0.05, 0.1) is 5.69 Å². The fraction of sp³-hybridized carbons (Fsp3) is 0.235.